The quantitative estimate of drug-likeness (QED) is 0.606. The van der Waals surface area contributed by atoms with E-state index in [4.69, 9.17) is 10.5 Å². The Labute approximate surface area is 130 Å². The van der Waals surface area contributed by atoms with E-state index in [-0.39, 0.29) is 12.1 Å². The van der Waals surface area contributed by atoms with Gasteiger partial charge in [0.15, 0.2) is 5.96 Å². The third kappa shape index (κ3) is 4.94. The van der Waals surface area contributed by atoms with Crippen LogP contribution in [0.2, 0.25) is 0 Å². The molecule has 0 saturated carbocycles. The second-order valence-electron chi connectivity index (χ2n) is 5.14. The molecule has 0 spiro atoms. The van der Waals surface area contributed by atoms with Crippen molar-refractivity contribution in [1.82, 2.24) is 20.0 Å². The summed E-state index contributed by atoms with van der Waals surface area (Å²) in [6.45, 7) is 4.87. The van der Waals surface area contributed by atoms with E-state index in [1.54, 1.807) is 11.1 Å². The van der Waals surface area contributed by atoms with Crippen LogP contribution in [0.1, 0.15) is 19.8 Å². The van der Waals surface area contributed by atoms with Gasteiger partial charge in [-0.2, -0.15) is 5.10 Å². The third-order valence-corrected chi connectivity index (χ3v) is 3.54. The zero-order chi connectivity index (χ0) is 15.8. The Hall–Kier alpha value is -2.25. The molecule has 0 aromatic carbocycles. The highest BCUT2D eigenvalue weighted by molar-refractivity contribution is 5.78. The fourth-order valence-corrected chi connectivity index (χ4v) is 2.38. The summed E-state index contributed by atoms with van der Waals surface area (Å²) in [6.07, 6.45) is 5.08. The number of aromatic nitrogens is 2. The van der Waals surface area contributed by atoms with E-state index < -0.39 is 0 Å². The van der Waals surface area contributed by atoms with Crippen LogP contribution in [0, 0.1) is 0 Å². The number of nitrogens with one attached hydrogen (secondary N) is 1. The van der Waals surface area contributed by atoms with Crippen LogP contribution in [-0.4, -0.2) is 59.0 Å². The fourth-order valence-electron chi connectivity index (χ4n) is 2.38. The Bertz CT molecular complexity index is 480. The Kier molecular flexibility index (Phi) is 6.05. The van der Waals surface area contributed by atoms with E-state index >= 15 is 0 Å². The highest BCUT2D eigenvalue weighted by Crippen LogP contribution is 2.11. The topological polar surface area (TPSA) is 97.8 Å². The minimum absolute atomic E-state index is 0.234. The molecular weight excluding hydrogens is 284 g/mol. The molecule has 2 rings (SSSR count). The number of rotatable bonds is 5. The smallest absolute Gasteiger partial charge is 0.409 e. The number of carbonyl (C=O) groups excluding carboxylic acids is 1. The maximum absolute atomic E-state index is 11.6. The predicted molar refractivity (Wildman–Crippen MR) is 83.5 cm³/mol. The van der Waals surface area contributed by atoms with E-state index in [1.807, 2.05) is 23.9 Å². The number of guanidine groups is 1. The van der Waals surface area contributed by atoms with Gasteiger partial charge in [0.1, 0.15) is 0 Å². The number of ether oxygens (including phenoxy) is 1. The number of carbonyl (C=O) groups is 1. The molecule has 0 bridgehead atoms. The van der Waals surface area contributed by atoms with Crippen LogP contribution in [0.4, 0.5) is 4.79 Å². The summed E-state index contributed by atoms with van der Waals surface area (Å²) >= 11 is 0. The largest absolute Gasteiger partial charge is 0.450 e. The zero-order valence-electron chi connectivity index (χ0n) is 12.9. The normalized spacial score (nSPS) is 16.6. The molecule has 1 amide bonds. The third-order valence-electron chi connectivity index (χ3n) is 3.54. The molecule has 3 N–H and O–H groups in total. The fraction of sp³-hybridized carbons (Fsp3) is 0.643. The second-order valence-corrected chi connectivity index (χ2v) is 5.14. The molecule has 1 fully saturated rings. The van der Waals surface area contributed by atoms with Crippen LogP contribution < -0.4 is 11.1 Å². The Morgan fingerprint density at radius 1 is 1.50 bits per heavy atom. The molecular formula is C14H24N6O2. The molecule has 8 nitrogen and oxygen atoms in total. The van der Waals surface area contributed by atoms with Crippen molar-refractivity contribution in [3.05, 3.63) is 18.5 Å². The van der Waals surface area contributed by atoms with E-state index in [1.165, 1.54) is 0 Å². The standard InChI is InChI=1S/C14H24N6O2/c1-2-22-14(21)19-9-4-12(5-10-19)18-13(15)16-7-11-20-8-3-6-17-20/h3,6,8,12H,2,4-5,7,9-11H2,1H3,(H3,15,16,18). The van der Waals surface area contributed by atoms with Crippen LogP contribution in [0.3, 0.4) is 0 Å². The summed E-state index contributed by atoms with van der Waals surface area (Å²) < 4.78 is 6.81. The summed E-state index contributed by atoms with van der Waals surface area (Å²) in [5.74, 6) is 0.446. The molecule has 0 atom stereocenters. The van der Waals surface area contributed by atoms with Gasteiger partial charge in [-0.1, -0.05) is 0 Å². The first-order chi connectivity index (χ1) is 10.7. The first-order valence-electron chi connectivity index (χ1n) is 7.64. The molecule has 1 aromatic rings. The number of hydrogen-bond acceptors (Lipinski definition) is 4. The molecule has 1 aromatic heterocycles. The van der Waals surface area contributed by atoms with E-state index in [0.29, 0.717) is 38.7 Å². The number of hydrogen-bond donors (Lipinski definition) is 2. The molecule has 0 unspecified atom stereocenters. The zero-order valence-corrected chi connectivity index (χ0v) is 12.9. The minimum atomic E-state index is -0.234. The van der Waals surface area contributed by atoms with E-state index in [9.17, 15) is 4.79 Å². The van der Waals surface area contributed by atoms with E-state index in [2.05, 4.69) is 15.4 Å². The monoisotopic (exact) mass is 308 g/mol. The molecule has 0 aliphatic carbocycles. The lowest BCUT2D eigenvalue weighted by Gasteiger charge is -2.31. The molecule has 1 aliphatic heterocycles. The summed E-state index contributed by atoms with van der Waals surface area (Å²) in [5, 5.41) is 7.32. The van der Waals surface area contributed by atoms with Gasteiger partial charge >= 0.3 is 6.09 Å². The van der Waals surface area contributed by atoms with Gasteiger partial charge in [0.25, 0.3) is 0 Å². The number of nitrogens with two attached hydrogens (primary N) is 1. The molecule has 8 heteroatoms. The molecule has 1 saturated heterocycles. The highest BCUT2D eigenvalue weighted by Gasteiger charge is 2.23. The van der Waals surface area contributed by atoms with Gasteiger partial charge in [-0.3, -0.25) is 9.67 Å². The Morgan fingerprint density at radius 2 is 2.27 bits per heavy atom. The van der Waals surface area contributed by atoms with Gasteiger partial charge in [-0.25, -0.2) is 4.79 Å². The van der Waals surface area contributed by atoms with Gasteiger partial charge in [0, 0.05) is 31.5 Å². The predicted octanol–water partition coefficient (Wildman–Crippen LogP) is 0.408. The minimum Gasteiger partial charge on any atom is -0.450 e. The lowest BCUT2D eigenvalue weighted by Crippen LogP contribution is -2.48. The summed E-state index contributed by atoms with van der Waals surface area (Å²) in [5.41, 5.74) is 5.89. The van der Waals surface area contributed by atoms with Crippen molar-refractivity contribution in [2.75, 3.05) is 26.2 Å². The van der Waals surface area contributed by atoms with Crippen LogP contribution in [0.25, 0.3) is 0 Å². The van der Waals surface area contributed by atoms with Crippen molar-refractivity contribution in [3.8, 4) is 0 Å². The maximum atomic E-state index is 11.6. The van der Waals surface area contributed by atoms with Crippen molar-refractivity contribution < 1.29 is 9.53 Å². The number of nitrogens with zero attached hydrogens (tertiary/aromatic N) is 4. The van der Waals surface area contributed by atoms with Crippen molar-refractivity contribution in [2.45, 2.75) is 32.4 Å². The van der Waals surface area contributed by atoms with Gasteiger partial charge in [0.2, 0.25) is 0 Å². The van der Waals surface area contributed by atoms with Crippen molar-refractivity contribution >= 4 is 12.1 Å². The molecule has 2 heterocycles. The van der Waals surface area contributed by atoms with Crippen LogP contribution >= 0.6 is 0 Å². The van der Waals surface area contributed by atoms with Gasteiger partial charge in [-0.05, 0) is 25.8 Å². The Morgan fingerprint density at radius 3 is 2.91 bits per heavy atom. The summed E-state index contributed by atoms with van der Waals surface area (Å²) in [6, 6.07) is 2.13. The summed E-state index contributed by atoms with van der Waals surface area (Å²) in [4.78, 5) is 17.6. The number of aliphatic imine (C=N–C) groups is 1. The van der Waals surface area contributed by atoms with Crippen LogP contribution in [-0.2, 0) is 11.3 Å². The number of amides is 1. The Balaban J connectivity index is 1.67. The lowest BCUT2D eigenvalue weighted by molar-refractivity contribution is 0.0963. The van der Waals surface area contributed by atoms with Gasteiger partial charge in [-0.15, -0.1) is 0 Å². The molecule has 122 valence electrons. The molecule has 1 aliphatic rings. The average Bonchev–Trinajstić information content (AvgIpc) is 3.01. The first-order valence-corrected chi connectivity index (χ1v) is 7.64. The maximum Gasteiger partial charge on any atom is 0.409 e. The van der Waals surface area contributed by atoms with Crippen molar-refractivity contribution in [1.29, 1.82) is 0 Å². The second kappa shape index (κ2) is 8.26. The number of likely N-dealkylation sites (tertiary alicyclic amines) is 1. The molecule has 22 heavy (non-hydrogen) atoms. The average molecular weight is 308 g/mol. The van der Waals surface area contributed by atoms with Crippen molar-refractivity contribution in [3.63, 3.8) is 0 Å². The molecule has 0 radical (unpaired) electrons. The van der Waals surface area contributed by atoms with Crippen LogP contribution in [0.15, 0.2) is 23.5 Å². The summed E-state index contributed by atoms with van der Waals surface area (Å²) in [7, 11) is 0. The van der Waals surface area contributed by atoms with Gasteiger partial charge in [0.05, 0.1) is 19.7 Å². The lowest BCUT2D eigenvalue weighted by atomic mass is 10.1. The number of piperidine rings is 1. The van der Waals surface area contributed by atoms with E-state index in [0.717, 1.165) is 12.8 Å². The SMILES string of the molecule is CCOC(=O)N1CCC(NC(N)=NCCn2cccn2)CC1. The first kappa shape index (κ1) is 16.1. The van der Waals surface area contributed by atoms with Gasteiger partial charge < -0.3 is 20.7 Å². The highest BCUT2D eigenvalue weighted by atomic mass is 16.6. The van der Waals surface area contributed by atoms with Crippen molar-refractivity contribution in [2.24, 2.45) is 10.7 Å². The van der Waals surface area contributed by atoms with Crippen LogP contribution in [0.5, 0.6) is 0 Å².